The topological polar surface area (TPSA) is 81.4 Å². The van der Waals surface area contributed by atoms with Gasteiger partial charge in [-0.25, -0.2) is 8.42 Å². The lowest BCUT2D eigenvalue weighted by Crippen LogP contribution is -2.15. The maximum absolute atomic E-state index is 12.3. The minimum atomic E-state index is -3.84. The van der Waals surface area contributed by atoms with Crippen LogP contribution in [0.1, 0.15) is 0 Å². The van der Waals surface area contributed by atoms with E-state index in [1.165, 1.54) is 19.2 Å². The fourth-order valence-electron chi connectivity index (χ4n) is 1.62. The van der Waals surface area contributed by atoms with Crippen LogP contribution in [0.2, 0.25) is 5.02 Å². The van der Waals surface area contributed by atoms with Gasteiger partial charge in [-0.05, 0) is 24.3 Å². The Morgan fingerprint density at radius 1 is 1.20 bits per heavy atom. The van der Waals surface area contributed by atoms with Crippen molar-refractivity contribution in [1.29, 1.82) is 0 Å². The van der Waals surface area contributed by atoms with E-state index in [2.05, 4.69) is 4.72 Å². The number of hydrogen-bond donors (Lipinski definition) is 2. The highest BCUT2D eigenvalue weighted by atomic mass is 35.5. The van der Waals surface area contributed by atoms with Crippen molar-refractivity contribution in [2.45, 2.75) is 4.90 Å². The lowest BCUT2D eigenvalue weighted by atomic mass is 10.3. The van der Waals surface area contributed by atoms with Gasteiger partial charge in [0.25, 0.3) is 10.0 Å². The van der Waals surface area contributed by atoms with Gasteiger partial charge in [-0.3, -0.25) is 4.72 Å². The second kappa shape index (κ2) is 5.60. The summed E-state index contributed by atoms with van der Waals surface area (Å²) in [5.74, 6) is 0.402. The predicted octanol–water partition coefficient (Wildman–Crippen LogP) is 2.73. The summed E-state index contributed by atoms with van der Waals surface area (Å²) >= 11 is 5.93. The number of methoxy groups -OCH3 is 1. The number of rotatable bonds is 4. The summed E-state index contributed by atoms with van der Waals surface area (Å²) < 4.78 is 32.1. The minimum Gasteiger partial charge on any atom is -0.497 e. The van der Waals surface area contributed by atoms with E-state index in [9.17, 15) is 8.42 Å². The first-order chi connectivity index (χ1) is 9.44. The highest BCUT2D eigenvalue weighted by molar-refractivity contribution is 7.92. The molecule has 20 heavy (non-hydrogen) atoms. The number of para-hydroxylation sites is 1. The van der Waals surface area contributed by atoms with Crippen molar-refractivity contribution in [3.8, 4) is 5.75 Å². The average molecular weight is 313 g/mol. The summed E-state index contributed by atoms with van der Waals surface area (Å²) in [5, 5.41) is 0.303. The SMILES string of the molecule is COc1ccc(N)c(S(=O)(=O)Nc2ccccc2Cl)c1. The summed E-state index contributed by atoms with van der Waals surface area (Å²) in [5.41, 5.74) is 6.13. The van der Waals surface area contributed by atoms with Crippen molar-refractivity contribution in [2.75, 3.05) is 17.6 Å². The molecule has 0 spiro atoms. The molecule has 2 aromatic rings. The molecule has 2 rings (SSSR count). The molecule has 0 aromatic heterocycles. The van der Waals surface area contributed by atoms with Crippen LogP contribution in [-0.2, 0) is 10.0 Å². The number of nitrogen functional groups attached to an aromatic ring is 1. The van der Waals surface area contributed by atoms with Gasteiger partial charge in [-0.2, -0.15) is 0 Å². The van der Waals surface area contributed by atoms with Crippen LogP contribution in [0.3, 0.4) is 0 Å². The van der Waals surface area contributed by atoms with Crippen molar-refractivity contribution in [2.24, 2.45) is 0 Å². The Kier molecular flexibility index (Phi) is 4.06. The average Bonchev–Trinajstić information content (AvgIpc) is 2.41. The monoisotopic (exact) mass is 312 g/mol. The molecule has 0 amide bonds. The number of nitrogens with one attached hydrogen (secondary N) is 1. The molecule has 3 N–H and O–H groups in total. The molecule has 0 heterocycles. The van der Waals surface area contributed by atoms with Gasteiger partial charge in [0.05, 0.1) is 23.5 Å². The molecule has 0 fully saturated rings. The fourth-order valence-corrected chi connectivity index (χ4v) is 3.08. The van der Waals surface area contributed by atoms with Gasteiger partial charge >= 0.3 is 0 Å². The van der Waals surface area contributed by atoms with Crippen LogP contribution in [-0.4, -0.2) is 15.5 Å². The Morgan fingerprint density at radius 3 is 2.55 bits per heavy atom. The molecule has 0 unspecified atom stereocenters. The Labute approximate surface area is 122 Å². The van der Waals surface area contributed by atoms with E-state index in [4.69, 9.17) is 22.1 Å². The number of hydrogen-bond acceptors (Lipinski definition) is 4. The third kappa shape index (κ3) is 2.97. The number of anilines is 2. The van der Waals surface area contributed by atoms with Crippen molar-refractivity contribution < 1.29 is 13.2 Å². The van der Waals surface area contributed by atoms with E-state index in [-0.39, 0.29) is 16.3 Å². The number of sulfonamides is 1. The Bertz CT molecular complexity index is 732. The molecule has 106 valence electrons. The highest BCUT2D eigenvalue weighted by Crippen LogP contribution is 2.28. The molecule has 2 aromatic carbocycles. The molecule has 7 heteroatoms. The summed E-state index contributed by atoms with van der Waals surface area (Å²) in [7, 11) is -2.39. The smallest absolute Gasteiger partial charge is 0.264 e. The maximum Gasteiger partial charge on any atom is 0.264 e. The molecule has 0 aliphatic carbocycles. The van der Waals surface area contributed by atoms with Crippen LogP contribution < -0.4 is 15.2 Å². The minimum absolute atomic E-state index is 0.0585. The number of benzene rings is 2. The summed E-state index contributed by atoms with van der Waals surface area (Å²) in [6, 6.07) is 11.0. The van der Waals surface area contributed by atoms with E-state index in [1.54, 1.807) is 30.3 Å². The van der Waals surface area contributed by atoms with Gasteiger partial charge in [0.1, 0.15) is 10.6 Å². The number of halogens is 1. The van der Waals surface area contributed by atoms with Crippen LogP contribution in [0.5, 0.6) is 5.75 Å². The van der Waals surface area contributed by atoms with Crippen molar-refractivity contribution in [3.63, 3.8) is 0 Å². The predicted molar refractivity (Wildman–Crippen MR) is 79.7 cm³/mol. The molecule has 0 aliphatic heterocycles. The lowest BCUT2D eigenvalue weighted by molar-refractivity contribution is 0.413. The van der Waals surface area contributed by atoms with Crippen LogP contribution in [0.15, 0.2) is 47.4 Å². The third-order valence-corrected chi connectivity index (χ3v) is 4.38. The molecular weight excluding hydrogens is 300 g/mol. The highest BCUT2D eigenvalue weighted by Gasteiger charge is 2.19. The van der Waals surface area contributed by atoms with Gasteiger partial charge in [-0.15, -0.1) is 0 Å². The molecular formula is C13H13ClN2O3S. The normalized spacial score (nSPS) is 11.1. The molecule has 0 bridgehead atoms. The van der Waals surface area contributed by atoms with E-state index in [1.807, 2.05) is 0 Å². The zero-order valence-electron chi connectivity index (χ0n) is 10.6. The van der Waals surface area contributed by atoms with E-state index in [0.717, 1.165) is 0 Å². The van der Waals surface area contributed by atoms with Crippen LogP contribution in [0.4, 0.5) is 11.4 Å². The zero-order chi connectivity index (χ0) is 14.8. The molecule has 0 atom stereocenters. The van der Waals surface area contributed by atoms with Gasteiger partial charge in [0, 0.05) is 6.07 Å². The van der Waals surface area contributed by atoms with E-state index < -0.39 is 10.0 Å². The van der Waals surface area contributed by atoms with Gasteiger partial charge in [0.2, 0.25) is 0 Å². The zero-order valence-corrected chi connectivity index (χ0v) is 12.2. The molecule has 0 saturated carbocycles. The second-order valence-electron chi connectivity index (χ2n) is 3.99. The van der Waals surface area contributed by atoms with E-state index >= 15 is 0 Å². The lowest BCUT2D eigenvalue weighted by Gasteiger charge is -2.12. The summed E-state index contributed by atoms with van der Waals surface area (Å²) in [6.07, 6.45) is 0. The van der Waals surface area contributed by atoms with Crippen molar-refractivity contribution in [3.05, 3.63) is 47.5 Å². The Balaban J connectivity index is 2.43. The number of nitrogens with two attached hydrogens (primary N) is 1. The fraction of sp³-hybridized carbons (Fsp3) is 0.0769. The maximum atomic E-state index is 12.3. The Morgan fingerprint density at radius 2 is 1.90 bits per heavy atom. The summed E-state index contributed by atoms with van der Waals surface area (Å²) in [6.45, 7) is 0. The van der Waals surface area contributed by atoms with Gasteiger partial charge in [0.15, 0.2) is 0 Å². The first-order valence-corrected chi connectivity index (χ1v) is 7.51. The second-order valence-corrected chi connectivity index (χ2v) is 6.05. The third-order valence-electron chi connectivity index (χ3n) is 2.63. The first-order valence-electron chi connectivity index (χ1n) is 5.65. The van der Waals surface area contributed by atoms with Crippen LogP contribution >= 0.6 is 11.6 Å². The first kappa shape index (κ1) is 14.5. The quantitative estimate of drug-likeness (QED) is 0.851. The standard InChI is InChI=1S/C13H13ClN2O3S/c1-19-9-6-7-11(15)13(8-9)20(17,18)16-12-5-3-2-4-10(12)14/h2-8,16H,15H2,1H3. The Hall–Kier alpha value is -1.92. The number of ether oxygens (including phenoxy) is 1. The van der Waals surface area contributed by atoms with E-state index in [0.29, 0.717) is 10.8 Å². The van der Waals surface area contributed by atoms with Gasteiger partial charge in [-0.1, -0.05) is 23.7 Å². The molecule has 0 saturated heterocycles. The molecule has 0 aliphatic rings. The van der Waals surface area contributed by atoms with Crippen LogP contribution in [0.25, 0.3) is 0 Å². The van der Waals surface area contributed by atoms with Crippen LogP contribution in [0, 0.1) is 0 Å². The van der Waals surface area contributed by atoms with Crippen molar-refractivity contribution >= 4 is 33.0 Å². The molecule has 5 nitrogen and oxygen atoms in total. The summed E-state index contributed by atoms with van der Waals surface area (Å²) in [4.78, 5) is -0.0585. The van der Waals surface area contributed by atoms with Gasteiger partial charge < -0.3 is 10.5 Å². The molecule has 0 radical (unpaired) electrons. The van der Waals surface area contributed by atoms with Crippen molar-refractivity contribution in [1.82, 2.24) is 0 Å². The largest absolute Gasteiger partial charge is 0.497 e.